The number of hydrogen-bond donors (Lipinski definition) is 2. The molecule has 3 aromatic rings. The number of aryl methyl sites for hydroxylation is 1. The third kappa shape index (κ3) is 5.47. The van der Waals surface area contributed by atoms with E-state index in [1.165, 1.54) is 0 Å². The van der Waals surface area contributed by atoms with E-state index in [0.29, 0.717) is 28.4 Å². The van der Waals surface area contributed by atoms with Crippen LogP contribution in [-0.2, 0) is 4.79 Å². The zero-order valence-electron chi connectivity index (χ0n) is 19.0. The van der Waals surface area contributed by atoms with Gasteiger partial charge in [-0.25, -0.2) is 0 Å². The third-order valence-corrected chi connectivity index (χ3v) is 6.22. The van der Waals surface area contributed by atoms with Crippen molar-refractivity contribution in [2.24, 2.45) is 11.8 Å². The van der Waals surface area contributed by atoms with Crippen molar-refractivity contribution in [3.63, 3.8) is 0 Å². The minimum Gasteiger partial charge on any atom is -0.489 e. The van der Waals surface area contributed by atoms with E-state index in [2.05, 4.69) is 15.5 Å². The second-order valence-corrected chi connectivity index (χ2v) is 9.27. The van der Waals surface area contributed by atoms with Crippen molar-refractivity contribution in [2.45, 2.75) is 46.1 Å². The molecule has 2 atom stereocenters. The van der Waals surface area contributed by atoms with Crippen LogP contribution in [0.3, 0.4) is 0 Å². The quantitative estimate of drug-likeness (QED) is 0.413. The monoisotopic (exact) mass is 469 g/mol. The van der Waals surface area contributed by atoms with Crippen LogP contribution in [0.1, 0.15) is 38.7 Å². The molecule has 4 rings (SSSR count). The number of nitrogens with one attached hydrogen (secondary N) is 1. The van der Waals surface area contributed by atoms with Crippen LogP contribution in [-0.4, -0.2) is 33.9 Å². The number of carbonyl (C=O) groups is 1. The van der Waals surface area contributed by atoms with E-state index >= 15 is 0 Å². The largest absolute Gasteiger partial charge is 0.489 e. The lowest BCUT2D eigenvalue weighted by molar-refractivity contribution is -0.141. The van der Waals surface area contributed by atoms with Gasteiger partial charge >= 0.3 is 5.97 Å². The number of carboxylic acid groups (broad SMARTS) is 1. The maximum absolute atomic E-state index is 11.2. The first-order valence-electron chi connectivity index (χ1n) is 11.2. The van der Waals surface area contributed by atoms with E-state index in [4.69, 9.17) is 20.9 Å². The number of benzene rings is 2. The Hall–Kier alpha value is -3.06. The van der Waals surface area contributed by atoms with Gasteiger partial charge in [0, 0.05) is 23.4 Å². The van der Waals surface area contributed by atoms with Crippen molar-refractivity contribution < 1.29 is 19.2 Å². The van der Waals surface area contributed by atoms with Crippen LogP contribution in [0.4, 0.5) is 5.69 Å². The van der Waals surface area contributed by atoms with E-state index in [9.17, 15) is 9.90 Å². The summed E-state index contributed by atoms with van der Waals surface area (Å²) in [6.45, 7) is 6.68. The topological polar surface area (TPSA) is 97.5 Å². The Bertz CT molecular complexity index is 1140. The molecule has 0 saturated heterocycles. The average Bonchev–Trinajstić information content (AvgIpc) is 3.44. The second-order valence-electron chi connectivity index (χ2n) is 8.86. The summed E-state index contributed by atoms with van der Waals surface area (Å²) in [6, 6.07) is 11.4. The number of hydrogen-bond acceptors (Lipinski definition) is 6. The van der Waals surface area contributed by atoms with Gasteiger partial charge in [-0.2, -0.15) is 4.98 Å². The first-order valence-corrected chi connectivity index (χ1v) is 11.6. The summed E-state index contributed by atoms with van der Waals surface area (Å²) in [5.74, 6) is 0.997. The van der Waals surface area contributed by atoms with Crippen LogP contribution in [0.2, 0.25) is 5.02 Å². The van der Waals surface area contributed by atoms with Gasteiger partial charge in [-0.3, -0.25) is 4.79 Å². The van der Waals surface area contributed by atoms with Crippen molar-refractivity contribution in [3.8, 4) is 28.6 Å². The van der Waals surface area contributed by atoms with Gasteiger partial charge in [0.15, 0.2) is 0 Å². The Balaban J connectivity index is 1.43. The lowest BCUT2D eigenvalue weighted by Crippen LogP contribution is -2.14. The number of carboxylic acids is 1. The molecule has 2 aromatic carbocycles. The van der Waals surface area contributed by atoms with Gasteiger partial charge in [-0.15, -0.1) is 0 Å². The van der Waals surface area contributed by atoms with Gasteiger partial charge in [0.05, 0.1) is 17.0 Å². The van der Waals surface area contributed by atoms with Crippen LogP contribution >= 0.6 is 11.6 Å². The molecule has 1 heterocycles. The first-order chi connectivity index (χ1) is 15.8. The molecule has 0 radical (unpaired) electrons. The Morgan fingerprint density at radius 2 is 2.03 bits per heavy atom. The molecule has 0 bridgehead atoms. The average molecular weight is 470 g/mol. The molecular weight excluding hydrogens is 442 g/mol. The van der Waals surface area contributed by atoms with Gasteiger partial charge in [0.25, 0.3) is 5.89 Å². The number of anilines is 1. The van der Waals surface area contributed by atoms with Gasteiger partial charge in [0.2, 0.25) is 5.82 Å². The molecule has 0 aliphatic heterocycles. The molecule has 0 amide bonds. The maximum atomic E-state index is 11.2. The van der Waals surface area contributed by atoms with Crippen molar-refractivity contribution in [1.29, 1.82) is 0 Å². The molecule has 33 heavy (non-hydrogen) atoms. The predicted molar refractivity (Wildman–Crippen MR) is 128 cm³/mol. The summed E-state index contributed by atoms with van der Waals surface area (Å²) in [4.78, 5) is 15.7. The van der Waals surface area contributed by atoms with Crippen molar-refractivity contribution >= 4 is 23.3 Å². The fourth-order valence-corrected chi connectivity index (χ4v) is 4.41. The predicted octanol–water partition coefficient (Wildman–Crippen LogP) is 6.07. The number of aromatic nitrogens is 2. The molecule has 7 nitrogen and oxygen atoms in total. The van der Waals surface area contributed by atoms with Gasteiger partial charge in [0.1, 0.15) is 5.75 Å². The normalized spacial score (nSPS) is 18.0. The van der Waals surface area contributed by atoms with Gasteiger partial charge in [-0.1, -0.05) is 16.8 Å². The standard InChI is InChI=1S/C25H28ClN3O4/c1-14(2)32-22-9-7-17(12-20(22)26)23-28-24(33-29-23)18-6-8-21(15(3)10-18)27-13-16-4-5-19(11-16)25(30)31/h6-10,12,14,16,19,27H,4-5,11,13H2,1-3H3,(H,30,31). The molecule has 2 unspecified atom stereocenters. The van der Waals surface area contributed by atoms with Gasteiger partial charge < -0.3 is 19.7 Å². The molecule has 2 N–H and O–H groups in total. The Morgan fingerprint density at radius 3 is 2.70 bits per heavy atom. The highest BCUT2D eigenvalue weighted by molar-refractivity contribution is 6.32. The summed E-state index contributed by atoms with van der Waals surface area (Å²) in [5, 5.41) is 17.2. The highest BCUT2D eigenvalue weighted by Crippen LogP contribution is 2.33. The van der Waals surface area contributed by atoms with Crippen LogP contribution in [0.5, 0.6) is 5.75 Å². The van der Waals surface area contributed by atoms with E-state index in [0.717, 1.165) is 48.2 Å². The maximum Gasteiger partial charge on any atom is 0.306 e. The van der Waals surface area contributed by atoms with E-state index in [-0.39, 0.29) is 12.0 Å². The SMILES string of the molecule is Cc1cc(-c2nc(-c3ccc(OC(C)C)c(Cl)c3)no2)ccc1NCC1CCC(C(=O)O)C1. The number of aliphatic carboxylic acids is 1. The molecule has 1 fully saturated rings. The molecule has 8 heteroatoms. The summed E-state index contributed by atoms with van der Waals surface area (Å²) >= 11 is 6.34. The van der Waals surface area contributed by atoms with Crippen LogP contribution in [0.15, 0.2) is 40.9 Å². The van der Waals surface area contributed by atoms with Crippen molar-refractivity contribution in [1.82, 2.24) is 10.1 Å². The van der Waals surface area contributed by atoms with E-state index in [1.54, 1.807) is 12.1 Å². The summed E-state index contributed by atoms with van der Waals surface area (Å²) in [6.07, 6.45) is 2.47. The van der Waals surface area contributed by atoms with Crippen molar-refractivity contribution in [2.75, 3.05) is 11.9 Å². The lowest BCUT2D eigenvalue weighted by atomic mass is 10.0. The summed E-state index contributed by atoms with van der Waals surface area (Å²) in [5.41, 5.74) is 3.65. The molecule has 1 aromatic heterocycles. The Morgan fingerprint density at radius 1 is 1.24 bits per heavy atom. The molecule has 1 aliphatic carbocycles. The zero-order chi connectivity index (χ0) is 23.5. The minimum atomic E-state index is -0.681. The number of nitrogens with zero attached hydrogens (tertiary/aromatic N) is 2. The first kappa shape index (κ1) is 23.1. The number of halogens is 1. The lowest BCUT2D eigenvalue weighted by Gasteiger charge is -2.14. The van der Waals surface area contributed by atoms with Gasteiger partial charge in [-0.05, 0) is 87.9 Å². The van der Waals surface area contributed by atoms with Crippen molar-refractivity contribution in [3.05, 3.63) is 47.0 Å². The number of rotatable bonds is 8. The fourth-order valence-electron chi connectivity index (χ4n) is 4.18. The van der Waals surface area contributed by atoms with Crippen LogP contribution < -0.4 is 10.1 Å². The van der Waals surface area contributed by atoms with Crippen LogP contribution in [0.25, 0.3) is 22.8 Å². The van der Waals surface area contributed by atoms with E-state index in [1.807, 2.05) is 45.0 Å². The molecule has 1 aliphatic rings. The highest BCUT2D eigenvalue weighted by Gasteiger charge is 2.29. The molecule has 0 spiro atoms. The van der Waals surface area contributed by atoms with Crippen LogP contribution in [0, 0.1) is 18.8 Å². The van der Waals surface area contributed by atoms with E-state index < -0.39 is 5.97 Å². The molecule has 1 saturated carbocycles. The molecule has 174 valence electrons. The fraction of sp³-hybridized carbons (Fsp3) is 0.400. The Kier molecular flexibility index (Phi) is 6.88. The number of ether oxygens (including phenoxy) is 1. The third-order valence-electron chi connectivity index (χ3n) is 5.92. The second kappa shape index (κ2) is 9.83. The summed E-state index contributed by atoms with van der Waals surface area (Å²) in [7, 11) is 0. The Labute approximate surface area is 198 Å². The zero-order valence-corrected chi connectivity index (χ0v) is 19.7. The highest BCUT2D eigenvalue weighted by atomic mass is 35.5. The minimum absolute atomic E-state index is 0.0330. The molecular formula is C25H28ClN3O4. The summed E-state index contributed by atoms with van der Waals surface area (Å²) < 4.78 is 11.2. The smallest absolute Gasteiger partial charge is 0.306 e.